The van der Waals surface area contributed by atoms with Gasteiger partial charge in [0.15, 0.2) is 11.7 Å². The van der Waals surface area contributed by atoms with E-state index in [0.717, 1.165) is 74.6 Å². The summed E-state index contributed by atoms with van der Waals surface area (Å²) in [6.45, 7) is 24.4. The van der Waals surface area contributed by atoms with Crippen LogP contribution >= 0.6 is 0 Å². The molecule has 2 amide bonds. The maximum atomic E-state index is 12.1. The van der Waals surface area contributed by atoms with E-state index in [1.54, 1.807) is 0 Å². The molecule has 0 spiro atoms. The second kappa shape index (κ2) is 16.5. The van der Waals surface area contributed by atoms with Gasteiger partial charge in [-0.1, -0.05) is 27.7 Å². The Bertz CT molecular complexity index is 1790. The van der Waals surface area contributed by atoms with Crippen molar-refractivity contribution in [1.82, 2.24) is 21.5 Å². The van der Waals surface area contributed by atoms with Crippen LogP contribution in [0.4, 0.5) is 11.4 Å². The monoisotopic (exact) mass is 776 g/mol. The summed E-state index contributed by atoms with van der Waals surface area (Å²) in [6, 6.07) is 8.03. The van der Waals surface area contributed by atoms with Crippen LogP contribution in [0.2, 0.25) is 0 Å². The highest BCUT2D eigenvalue weighted by Gasteiger charge is 2.42. The number of carbonyl (C=O) groups is 4. The van der Waals surface area contributed by atoms with Crippen molar-refractivity contribution < 1.29 is 38.9 Å². The predicted molar refractivity (Wildman–Crippen MR) is 214 cm³/mol. The van der Waals surface area contributed by atoms with Gasteiger partial charge in [0, 0.05) is 40.0 Å². The van der Waals surface area contributed by atoms with Crippen LogP contribution in [-0.2, 0) is 19.2 Å². The number of nitrogens with zero attached hydrogens (tertiary/aromatic N) is 4. The van der Waals surface area contributed by atoms with Gasteiger partial charge in [-0.25, -0.2) is 10.9 Å². The van der Waals surface area contributed by atoms with E-state index < -0.39 is 11.9 Å². The zero-order valence-electron chi connectivity index (χ0n) is 34.0. The molecule has 16 nitrogen and oxygen atoms in total. The Balaban J connectivity index is 0.000000180. The highest BCUT2D eigenvalue weighted by atomic mass is 16.5. The molecule has 0 saturated carbocycles. The van der Waals surface area contributed by atoms with Gasteiger partial charge in [0.25, 0.3) is 23.8 Å². The molecule has 0 unspecified atom stereocenters. The van der Waals surface area contributed by atoms with E-state index in [0.29, 0.717) is 25.0 Å². The van der Waals surface area contributed by atoms with Gasteiger partial charge in [-0.3, -0.25) is 19.2 Å². The highest BCUT2D eigenvalue weighted by molar-refractivity contribution is 6.10. The Morgan fingerprint density at radius 2 is 1.04 bits per heavy atom. The summed E-state index contributed by atoms with van der Waals surface area (Å²) in [4.78, 5) is 46.1. The average Bonchev–Trinajstić information content (AvgIpc) is 3.11. The Kier molecular flexibility index (Phi) is 12.3. The molecule has 0 radical (unpaired) electrons. The molecule has 6 aliphatic heterocycles. The number of aryl methyl sites for hydroxylation is 2. The van der Waals surface area contributed by atoms with Crippen LogP contribution in [0, 0.1) is 24.7 Å². The number of ether oxygens (including phenoxy) is 2. The Morgan fingerprint density at radius 1 is 0.714 bits per heavy atom. The van der Waals surface area contributed by atoms with Crippen LogP contribution in [0.1, 0.15) is 89.5 Å². The number of rotatable bonds is 4. The quantitative estimate of drug-likeness (QED) is 0.263. The lowest BCUT2D eigenvalue weighted by atomic mass is 9.69. The number of benzene rings is 2. The third-order valence-electron chi connectivity index (χ3n) is 11.7. The smallest absolute Gasteiger partial charge is 0.300 e. The molecule has 0 aliphatic carbocycles. The molecular weight excluding hydrogens is 720 g/mol. The number of carbonyl (C=O) groups excluding carboxylic acids is 2. The first-order valence-corrected chi connectivity index (χ1v) is 18.9. The van der Waals surface area contributed by atoms with Gasteiger partial charge < -0.3 is 40.1 Å². The summed E-state index contributed by atoms with van der Waals surface area (Å²) in [5.74, 6) is 2.21. The van der Waals surface area contributed by atoms with Gasteiger partial charge in [-0.2, -0.15) is 10.2 Å². The Labute approximate surface area is 328 Å². The van der Waals surface area contributed by atoms with Crippen molar-refractivity contribution in [3.05, 3.63) is 46.5 Å². The Morgan fingerprint density at radius 3 is 1.32 bits per heavy atom. The van der Waals surface area contributed by atoms with Gasteiger partial charge in [-0.15, -0.1) is 0 Å². The lowest BCUT2D eigenvalue weighted by Gasteiger charge is -2.45. The number of anilines is 2. The molecule has 4 atom stereocenters. The molecule has 304 valence electrons. The number of amidine groups is 2. The van der Waals surface area contributed by atoms with E-state index in [1.165, 1.54) is 22.3 Å². The summed E-state index contributed by atoms with van der Waals surface area (Å²) >= 11 is 0. The summed E-state index contributed by atoms with van der Waals surface area (Å²) in [6.07, 6.45) is 0. The van der Waals surface area contributed by atoms with Crippen LogP contribution in [0.25, 0.3) is 0 Å². The molecular formula is C40H56N8O8. The van der Waals surface area contributed by atoms with Gasteiger partial charge in [0.05, 0.1) is 11.4 Å². The minimum atomic E-state index is -0.833. The summed E-state index contributed by atoms with van der Waals surface area (Å²) in [5, 5.41) is 29.9. The first kappa shape index (κ1) is 41.9. The number of carboxylic acids is 2. The number of fused-ring (bicyclic) bond motifs is 6. The zero-order chi connectivity index (χ0) is 41.3. The van der Waals surface area contributed by atoms with Crippen molar-refractivity contribution in [2.45, 2.75) is 93.2 Å². The molecule has 6 aliphatic rings. The molecule has 8 rings (SSSR count). The maximum Gasteiger partial charge on any atom is 0.300 e. The third kappa shape index (κ3) is 8.45. The molecule has 2 aromatic carbocycles. The molecule has 56 heavy (non-hydrogen) atoms. The second-order valence-electron chi connectivity index (χ2n) is 16.0. The van der Waals surface area contributed by atoms with Crippen molar-refractivity contribution in [2.75, 3.05) is 49.2 Å². The van der Waals surface area contributed by atoms with Crippen molar-refractivity contribution >= 4 is 46.8 Å². The summed E-state index contributed by atoms with van der Waals surface area (Å²) in [5.41, 5.74) is 12.7. The number of hydrazone groups is 2. The summed E-state index contributed by atoms with van der Waals surface area (Å²) in [7, 11) is 0. The largest absolute Gasteiger partial charge is 0.483 e. The minimum absolute atomic E-state index is 0.0862. The Hall–Kier alpha value is -5.22. The van der Waals surface area contributed by atoms with Crippen LogP contribution in [-0.4, -0.2) is 97.1 Å². The van der Waals surface area contributed by atoms with Gasteiger partial charge in [0.2, 0.25) is 0 Å². The molecule has 0 aromatic heterocycles. The first-order valence-electron chi connectivity index (χ1n) is 18.9. The van der Waals surface area contributed by atoms with Gasteiger partial charge in [0.1, 0.15) is 36.8 Å². The number of amides is 2. The molecule has 0 bridgehead atoms. The predicted octanol–water partition coefficient (Wildman–Crippen LogP) is 3.66. The van der Waals surface area contributed by atoms with Crippen molar-refractivity contribution in [3.63, 3.8) is 0 Å². The van der Waals surface area contributed by atoms with E-state index >= 15 is 0 Å². The number of hydrogen-bond donors (Lipinski definition) is 6. The van der Waals surface area contributed by atoms with Crippen LogP contribution in [0.3, 0.4) is 0 Å². The molecule has 6 N–H and O–H groups in total. The van der Waals surface area contributed by atoms with Crippen LogP contribution in [0.5, 0.6) is 11.5 Å². The fourth-order valence-corrected chi connectivity index (χ4v) is 7.71. The van der Waals surface area contributed by atoms with E-state index in [1.807, 2.05) is 23.6 Å². The standard InChI is InChI=1S/2C18H24N4O2.2C2H4O2/c2*1-10-5-15-14(6-13(10)11(2)18(4)8-19-9-18)22-12(3)17(23)21-20-16(22)7-24-15;2*1-2(3)4/h2*5-6,11-12,19H,7-9H2,1-4H3,(H,21,23);2*1H3,(H,3,4)/t11-,12+;11-,12-;;/m01../s1. The topological polar surface area (TPSA) is 207 Å². The lowest BCUT2D eigenvalue weighted by molar-refractivity contribution is -0.135. The second-order valence-corrected chi connectivity index (χ2v) is 16.0. The van der Waals surface area contributed by atoms with Crippen molar-refractivity contribution in [3.8, 4) is 11.5 Å². The first-order chi connectivity index (χ1) is 26.3. The van der Waals surface area contributed by atoms with Gasteiger partial charge in [-0.05, 0) is 96.9 Å². The number of aliphatic carboxylic acids is 2. The number of carboxylic acid groups (broad SMARTS) is 2. The van der Waals surface area contributed by atoms with Crippen molar-refractivity contribution in [2.24, 2.45) is 21.0 Å². The zero-order valence-corrected chi connectivity index (χ0v) is 34.0. The van der Waals surface area contributed by atoms with E-state index in [9.17, 15) is 9.59 Å². The average molecular weight is 777 g/mol. The van der Waals surface area contributed by atoms with Gasteiger partial charge >= 0.3 is 0 Å². The van der Waals surface area contributed by atoms with E-state index in [4.69, 9.17) is 29.3 Å². The number of nitrogens with one attached hydrogen (secondary N) is 4. The van der Waals surface area contributed by atoms with E-state index in [-0.39, 0.29) is 34.7 Å². The van der Waals surface area contributed by atoms with Crippen LogP contribution in [0.15, 0.2) is 34.5 Å². The van der Waals surface area contributed by atoms with E-state index in [2.05, 4.69) is 97.5 Å². The molecule has 2 fully saturated rings. The lowest BCUT2D eigenvalue weighted by Crippen LogP contribution is -2.55. The molecule has 6 heterocycles. The van der Waals surface area contributed by atoms with Crippen LogP contribution < -0.4 is 40.8 Å². The van der Waals surface area contributed by atoms with Crippen molar-refractivity contribution in [1.29, 1.82) is 0 Å². The highest BCUT2D eigenvalue weighted by Crippen LogP contribution is 2.46. The molecule has 2 aromatic rings. The maximum absolute atomic E-state index is 12.1. The fraction of sp³-hybridized carbons (Fsp3) is 0.550. The molecule has 2 saturated heterocycles. The third-order valence-corrected chi connectivity index (χ3v) is 11.7. The SMILES string of the molecule is CC(=O)O.CC(=O)O.Cc1cc2c(cc1[C@@H](C)C1(C)CNC1)N1C(=NNC(=O)[C@H]1C)CO2.Cc1cc2c(cc1[C@H](C)C1(C)CNC1)N1C(=NNC(=O)[C@H]1C)CO2. The molecule has 16 heteroatoms. The normalized spacial score (nSPS) is 22.8. The minimum Gasteiger partial charge on any atom is -0.483 e. The fourth-order valence-electron chi connectivity index (χ4n) is 7.71. The summed E-state index contributed by atoms with van der Waals surface area (Å²) < 4.78 is 11.8. The number of hydrogen-bond acceptors (Lipinski definition) is 12.